The van der Waals surface area contributed by atoms with Crippen molar-refractivity contribution in [2.75, 3.05) is 20.8 Å². The average molecular weight is 354 g/mol. The number of aromatic hydroxyl groups is 2. The van der Waals surface area contributed by atoms with Crippen molar-refractivity contribution in [1.29, 1.82) is 0 Å². The van der Waals surface area contributed by atoms with Gasteiger partial charge in [-0.25, -0.2) is 0 Å². The van der Waals surface area contributed by atoms with E-state index >= 15 is 0 Å². The lowest BCUT2D eigenvalue weighted by molar-refractivity contribution is -0.144. The van der Waals surface area contributed by atoms with Crippen molar-refractivity contribution in [3.05, 3.63) is 65.4 Å². The van der Waals surface area contributed by atoms with Gasteiger partial charge in [-0.3, -0.25) is 4.79 Å². The summed E-state index contributed by atoms with van der Waals surface area (Å²) in [5.41, 5.74) is -0.538. The van der Waals surface area contributed by atoms with Crippen LogP contribution in [0.2, 0.25) is 0 Å². The zero-order valence-electron chi connectivity index (χ0n) is 14.4. The van der Waals surface area contributed by atoms with Gasteiger partial charge in [0.1, 0.15) is 11.5 Å². The highest BCUT2D eigenvalue weighted by molar-refractivity contribution is 6.15. The maximum Gasteiger partial charge on any atom is 0.237 e. The molecule has 2 aliphatic rings. The number of rotatable bonds is 4. The van der Waals surface area contributed by atoms with Crippen molar-refractivity contribution in [1.82, 2.24) is 0 Å². The lowest BCUT2D eigenvalue weighted by Gasteiger charge is -2.32. The number of carbonyl (C=O) groups excluding carboxylic acids is 1. The smallest absolute Gasteiger partial charge is 0.237 e. The van der Waals surface area contributed by atoms with Gasteiger partial charge in [-0.15, -0.1) is 0 Å². The van der Waals surface area contributed by atoms with Crippen LogP contribution >= 0.6 is 0 Å². The molecule has 0 aromatic heterocycles. The predicted octanol–water partition coefficient (Wildman–Crippen LogP) is 2.35. The highest BCUT2D eigenvalue weighted by Crippen LogP contribution is 2.61. The van der Waals surface area contributed by atoms with Crippen LogP contribution < -0.4 is 0 Å². The summed E-state index contributed by atoms with van der Waals surface area (Å²) in [6, 6.07) is 12.8. The fourth-order valence-corrected chi connectivity index (χ4v) is 3.86. The Morgan fingerprint density at radius 1 is 0.962 bits per heavy atom. The first-order valence-electron chi connectivity index (χ1n) is 8.12. The van der Waals surface area contributed by atoms with E-state index in [1.807, 2.05) is 0 Å². The van der Waals surface area contributed by atoms with E-state index in [4.69, 9.17) is 14.2 Å². The monoisotopic (exact) mass is 354 g/mol. The molecule has 1 fully saturated rings. The van der Waals surface area contributed by atoms with Crippen LogP contribution in [-0.4, -0.2) is 42.4 Å². The van der Waals surface area contributed by atoms with Gasteiger partial charge >= 0.3 is 0 Å². The molecule has 1 aliphatic carbocycles. The zero-order chi connectivity index (χ0) is 18.5. The molecule has 1 heterocycles. The first-order chi connectivity index (χ1) is 12.5. The van der Waals surface area contributed by atoms with Crippen molar-refractivity contribution in [3.63, 3.8) is 0 Å². The first kappa shape index (κ1) is 16.6. The number of ketones is 1. The molecule has 26 heavy (non-hydrogen) atoms. The number of Topliss-reactive ketones (excluding diaryl/α,β-unsaturated/α-hetero) is 1. The van der Waals surface area contributed by atoms with E-state index in [0.717, 1.165) is 0 Å². The van der Waals surface area contributed by atoms with Crippen LogP contribution in [0.5, 0.6) is 11.5 Å². The number of hydrogen-bond donors (Lipinski definition) is 2. The number of phenolic OH excluding ortho intramolecular Hbond substituents is 2. The van der Waals surface area contributed by atoms with Gasteiger partial charge in [-0.1, -0.05) is 24.3 Å². The highest BCUT2D eigenvalue weighted by atomic mass is 16.6. The molecule has 6 heteroatoms. The third-order valence-electron chi connectivity index (χ3n) is 5.10. The Kier molecular flexibility index (Phi) is 3.57. The zero-order valence-corrected chi connectivity index (χ0v) is 14.4. The van der Waals surface area contributed by atoms with Crippen molar-refractivity contribution in [2.24, 2.45) is 0 Å². The van der Waals surface area contributed by atoms with Gasteiger partial charge in [0.2, 0.25) is 5.78 Å². The summed E-state index contributed by atoms with van der Waals surface area (Å²) in [5.74, 6) is 0.0479. The molecule has 6 nitrogen and oxygen atoms in total. The summed E-state index contributed by atoms with van der Waals surface area (Å²) in [7, 11) is 2.90. The summed E-state index contributed by atoms with van der Waals surface area (Å²) in [6.07, 6.45) is 0. The van der Waals surface area contributed by atoms with Gasteiger partial charge < -0.3 is 24.4 Å². The summed E-state index contributed by atoms with van der Waals surface area (Å²) in [6.45, 7) is 0.288. The number of benzene rings is 2. The Bertz CT molecular complexity index is 893. The summed E-state index contributed by atoms with van der Waals surface area (Å²) in [4.78, 5) is 13.4. The normalized spacial score (nSPS) is 27.2. The molecule has 0 bridgehead atoms. The SMILES string of the molecule is COC1=C(c2ccc(O)cc2)[C@@]2(CO2)[C@](OC)(c2ccc(O)cc2)C1=O. The minimum absolute atomic E-state index is 0.0925. The van der Waals surface area contributed by atoms with Gasteiger partial charge in [-0.2, -0.15) is 0 Å². The molecular formula is C20H18O6. The summed E-state index contributed by atoms with van der Waals surface area (Å²) < 4.78 is 17.1. The van der Waals surface area contributed by atoms with E-state index in [1.165, 1.54) is 26.4 Å². The summed E-state index contributed by atoms with van der Waals surface area (Å²) in [5, 5.41) is 19.2. The molecule has 1 aliphatic heterocycles. The Hall–Kier alpha value is -2.83. The Labute approximate surface area is 150 Å². The molecule has 0 unspecified atom stereocenters. The second kappa shape index (κ2) is 5.59. The molecule has 4 rings (SSSR count). The van der Waals surface area contributed by atoms with Crippen molar-refractivity contribution < 1.29 is 29.2 Å². The fourth-order valence-electron chi connectivity index (χ4n) is 3.86. The molecule has 134 valence electrons. The maximum atomic E-state index is 13.4. The van der Waals surface area contributed by atoms with Crippen LogP contribution in [0.4, 0.5) is 0 Å². The molecule has 0 radical (unpaired) electrons. The van der Waals surface area contributed by atoms with Gasteiger partial charge in [0.15, 0.2) is 17.0 Å². The third kappa shape index (κ3) is 1.97. The van der Waals surface area contributed by atoms with E-state index in [9.17, 15) is 15.0 Å². The molecule has 2 aromatic rings. The van der Waals surface area contributed by atoms with E-state index in [2.05, 4.69) is 0 Å². The standard InChI is InChI=1S/C20H18O6/c1-24-17-16(12-3-7-14(21)8-4-12)19(11-26-19)20(25-2,18(17)23)13-5-9-15(22)10-6-13/h3-10,21-22H,11H2,1-2H3/t19-,20-/m0/s1. The van der Waals surface area contributed by atoms with E-state index in [1.54, 1.807) is 36.4 Å². The molecule has 0 amide bonds. The Morgan fingerprint density at radius 2 is 1.50 bits per heavy atom. The van der Waals surface area contributed by atoms with Gasteiger partial charge in [0, 0.05) is 12.7 Å². The van der Waals surface area contributed by atoms with Crippen LogP contribution in [0.15, 0.2) is 54.3 Å². The van der Waals surface area contributed by atoms with E-state index in [0.29, 0.717) is 16.7 Å². The van der Waals surface area contributed by atoms with Crippen molar-refractivity contribution >= 4 is 11.4 Å². The second-order valence-electron chi connectivity index (χ2n) is 6.33. The lowest BCUT2D eigenvalue weighted by atomic mass is 9.78. The topological polar surface area (TPSA) is 88.5 Å². The third-order valence-corrected chi connectivity index (χ3v) is 5.10. The largest absolute Gasteiger partial charge is 0.508 e. The van der Waals surface area contributed by atoms with Crippen LogP contribution in [0.1, 0.15) is 11.1 Å². The van der Waals surface area contributed by atoms with Crippen LogP contribution in [0, 0.1) is 0 Å². The van der Waals surface area contributed by atoms with Gasteiger partial charge in [0.25, 0.3) is 0 Å². The van der Waals surface area contributed by atoms with Crippen molar-refractivity contribution in [3.8, 4) is 11.5 Å². The average Bonchev–Trinajstić information content (AvgIpc) is 3.40. The number of phenols is 2. The number of epoxide rings is 1. The second-order valence-corrected chi connectivity index (χ2v) is 6.33. The van der Waals surface area contributed by atoms with E-state index in [-0.39, 0.29) is 29.6 Å². The predicted molar refractivity (Wildman–Crippen MR) is 92.5 cm³/mol. The minimum atomic E-state index is -1.40. The number of ether oxygens (including phenoxy) is 3. The molecule has 1 saturated heterocycles. The molecule has 1 spiro atoms. The van der Waals surface area contributed by atoms with Crippen LogP contribution in [-0.2, 0) is 24.6 Å². The number of methoxy groups -OCH3 is 2. The molecule has 2 N–H and O–H groups in total. The van der Waals surface area contributed by atoms with Gasteiger partial charge in [0.05, 0.1) is 13.7 Å². The highest BCUT2D eigenvalue weighted by Gasteiger charge is 2.75. The van der Waals surface area contributed by atoms with Crippen LogP contribution in [0.3, 0.4) is 0 Å². The quantitative estimate of drug-likeness (QED) is 0.820. The van der Waals surface area contributed by atoms with Crippen molar-refractivity contribution in [2.45, 2.75) is 11.2 Å². The van der Waals surface area contributed by atoms with Crippen LogP contribution in [0.25, 0.3) is 5.57 Å². The number of carbonyl (C=O) groups is 1. The maximum absolute atomic E-state index is 13.4. The first-order valence-corrected chi connectivity index (χ1v) is 8.12. The molecule has 0 saturated carbocycles. The molecule has 2 atom stereocenters. The summed E-state index contributed by atoms with van der Waals surface area (Å²) >= 11 is 0. The Balaban J connectivity index is 1.94. The lowest BCUT2D eigenvalue weighted by Crippen LogP contribution is -2.47. The number of hydrogen-bond acceptors (Lipinski definition) is 6. The van der Waals surface area contributed by atoms with E-state index < -0.39 is 11.2 Å². The molecule has 2 aromatic carbocycles. The molecular weight excluding hydrogens is 336 g/mol. The minimum Gasteiger partial charge on any atom is -0.508 e. The van der Waals surface area contributed by atoms with Gasteiger partial charge in [-0.05, 0) is 35.4 Å². The Morgan fingerprint density at radius 3 is 1.96 bits per heavy atom. The fraction of sp³-hybridized carbons (Fsp3) is 0.250.